The largest absolute Gasteiger partial charge is 0.370 e. The molecule has 108 valence electrons. The molecule has 0 aliphatic heterocycles. The Kier molecular flexibility index (Phi) is 5.29. The molecule has 0 amide bonds. The summed E-state index contributed by atoms with van der Waals surface area (Å²) in [6.45, 7) is 7.88. The third kappa shape index (κ3) is 3.66. The normalized spacial score (nSPS) is 10.6. The summed E-state index contributed by atoms with van der Waals surface area (Å²) in [5, 5.41) is 7.80. The first-order chi connectivity index (χ1) is 9.74. The molecule has 2 aromatic heterocycles. The van der Waals surface area contributed by atoms with E-state index in [1.165, 1.54) is 4.88 Å². The van der Waals surface area contributed by atoms with Crippen LogP contribution in [-0.4, -0.2) is 21.5 Å². The molecule has 2 rings (SSSR count). The fourth-order valence-electron chi connectivity index (χ4n) is 2.03. The van der Waals surface area contributed by atoms with Gasteiger partial charge in [-0.3, -0.25) is 0 Å². The lowest BCUT2D eigenvalue weighted by Gasteiger charge is -2.14. The molecule has 0 unspecified atom stereocenters. The van der Waals surface area contributed by atoms with Crippen molar-refractivity contribution in [3.05, 3.63) is 28.0 Å². The van der Waals surface area contributed by atoms with Crippen LogP contribution in [0.5, 0.6) is 0 Å². The standard InChI is InChI=1S/C14H21N5S/c1-4-6-12-13(15-5-2)18-9-19-14(12)17-8-11-7-16-10(3)20-11/h7,9H,4-6,8H2,1-3H3,(H2,15,17,18,19). The van der Waals surface area contributed by atoms with Crippen molar-refractivity contribution >= 4 is 23.0 Å². The summed E-state index contributed by atoms with van der Waals surface area (Å²) < 4.78 is 0. The minimum atomic E-state index is 0.755. The fraction of sp³-hybridized carbons (Fsp3) is 0.500. The predicted molar refractivity (Wildman–Crippen MR) is 84.4 cm³/mol. The summed E-state index contributed by atoms with van der Waals surface area (Å²) in [6.07, 6.45) is 5.56. The van der Waals surface area contributed by atoms with Crippen LogP contribution < -0.4 is 10.6 Å². The number of hydrogen-bond acceptors (Lipinski definition) is 6. The zero-order valence-electron chi connectivity index (χ0n) is 12.2. The van der Waals surface area contributed by atoms with E-state index in [-0.39, 0.29) is 0 Å². The van der Waals surface area contributed by atoms with Crippen molar-refractivity contribution in [2.24, 2.45) is 0 Å². The third-order valence-corrected chi connectivity index (χ3v) is 3.80. The van der Waals surface area contributed by atoms with Crippen molar-refractivity contribution in [2.75, 3.05) is 17.2 Å². The van der Waals surface area contributed by atoms with E-state index in [1.54, 1.807) is 17.7 Å². The smallest absolute Gasteiger partial charge is 0.135 e. The highest BCUT2D eigenvalue weighted by atomic mass is 32.1. The first-order valence-electron chi connectivity index (χ1n) is 6.97. The molecule has 0 fully saturated rings. The van der Waals surface area contributed by atoms with Crippen LogP contribution >= 0.6 is 11.3 Å². The molecule has 0 saturated carbocycles. The molecule has 0 atom stereocenters. The van der Waals surface area contributed by atoms with Gasteiger partial charge in [-0.1, -0.05) is 13.3 Å². The number of rotatable bonds is 7. The quantitative estimate of drug-likeness (QED) is 0.820. The second-order valence-corrected chi connectivity index (χ2v) is 5.85. The number of hydrogen-bond donors (Lipinski definition) is 2. The Bertz CT molecular complexity index is 552. The third-order valence-electron chi connectivity index (χ3n) is 2.89. The molecule has 0 saturated heterocycles. The lowest BCUT2D eigenvalue weighted by atomic mass is 10.1. The molecule has 2 heterocycles. The monoisotopic (exact) mass is 291 g/mol. The van der Waals surface area contributed by atoms with Gasteiger partial charge in [0.05, 0.1) is 11.6 Å². The number of aromatic nitrogens is 3. The van der Waals surface area contributed by atoms with Gasteiger partial charge in [-0.15, -0.1) is 11.3 Å². The van der Waals surface area contributed by atoms with E-state index in [4.69, 9.17) is 0 Å². The van der Waals surface area contributed by atoms with E-state index < -0.39 is 0 Å². The Morgan fingerprint density at radius 2 is 1.85 bits per heavy atom. The maximum absolute atomic E-state index is 4.38. The summed E-state index contributed by atoms with van der Waals surface area (Å²) >= 11 is 1.71. The SMILES string of the molecule is CCCc1c(NCC)ncnc1NCc1cnc(C)s1. The van der Waals surface area contributed by atoms with Crippen LogP contribution in [0.3, 0.4) is 0 Å². The topological polar surface area (TPSA) is 62.7 Å². The zero-order valence-corrected chi connectivity index (χ0v) is 13.0. The van der Waals surface area contributed by atoms with Crippen LogP contribution in [0.1, 0.15) is 35.7 Å². The van der Waals surface area contributed by atoms with Gasteiger partial charge in [-0.25, -0.2) is 15.0 Å². The predicted octanol–water partition coefficient (Wildman–Crippen LogP) is 3.24. The van der Waals surface area contributed by atoms with Gasteiger partial charge in [-0.05, 0) is 20.3 Å². The van der Waals surface area contributed by atoms with Crippen LogP contribution in [0.15, 0.2) is 12.5 Å². The van der Waals surface area contributed by atoms with Crippen molar-refractivity contribution in [1.82, 2.24) is 15.0 Å². The van der Waals surface area contributed by atoms with E-state index in [9.17, 15) is 0 Å². The lowest BCUT2D eigenvalue weighted by molar-refractivity contribution is 0.896. The maximum atomic E-state index is 4.38. The molecule has 2 aromatic rings. The van der Waals surface area contributed by atoms with Crippen LogP contribution in [0.2, 0.25) is 0 Å². The van der Waals surface area contributed by atoms with Gasteiger partial charge in [0.1, 0.15) is 18.0 Å². The summed E-state index contributed by atoms with van der Waals surface area (Å²) in [4.78, 5) is 14.2. The molecule has 6 heteroatoms. The Balaban J connectivity index is 2.14. The van der Waals surface area contributed by atoms with Gasteiger partial charge in [0.2, 0.25) is 0 Å². The average Bonchev–Trinajstić information content (AvgIpc) is 2.85. The molecule has 0 aromatic carbocycles. The fourth-order valence-corrected chi connectivity index (χ4v) is 2.76. The first kappa shape index (κ1) is 14.7. The second kappa shape index (κ2) is 7.19. The Hall–Kier alpha value is -1.69. The summed E-state index contributed by atoms with van der Waals surface area (Å²) in [5.41, 5.74) is 1.16. The van der Waals surface area contributed by atoms with Gasteiger partial charge in [0.15, 0.2) is 0 Å². The Labute approximate surface area is 123 Å². The van der Waals surface area contributed by atoms with E-state index in [0.717, 1.165) is 48.1 Å². The molecule has 5 nitrogen and oxygen atoms in total. The highest BCUT2D eigenvalue weighted by Crippen LogP contribution is 2.22. The minimum Gasteiger partial charge on any atom is -0.370 e. The first-order valence-corrected chi connectivity index (χ1v) is 7.79. The lowest BCUT2D eigenvalue weighted by Crippen LogP contribution is -2.09. The molecular weight excluding hydrogens is 270 g/mol. The van der Waals surface area contributed by atoms with E-state index in [2.05, 4.69) is 39.4 Å². The van der Waals surface area contributed by atoms with E-state index in [0.29, 0.717) is 0 Å². The maximum Gasteiger partial charge on any atom is 0.135 e. The molecule has 0 aliphatic carbocycles. The molecule has 0 aliphatic rings. The van der Waals surface area contributed by atoms with Gasteiger partial charge in [0, 0.05) is 23.2 Å². The van der Waals surface area contributed by atoms with Crippen molar-refractivity contribution in [1.29, 1.82) is 0 Å². The highest BCUT2D eigenvalue weighted by molar-refractivity contribution is 7.11. The molecule has 0 spiro atoms. The van der Waals surface area contributed by atoms with Gasteiger partial charge in [0.25, 0.3) is 0 Å². The second-order valence-electron chi connectivity index (χ2n) is 4.53. The number of aryl methyl sites for hydroxylation is 1. The molecule has 2 N–H and O–H groups in total. The van der Waals surface area contributed by atoms with Crippen LogP contribution in [0.4, 0.5) is 11.6 Å². The number of anilines is 2. The minimum absolute atomic E-state index is 0.755. The van der Waals surface area contributed by atoms with Crippen molar-refractivity contribution in [3.63, 3.8) is 0 Å². The molecular formula is C14H21N5S. The van der Waals surface area contributed by atoms with Gasteiger partial charge >= 0.3 is 0 Å². The van der Waals surface area contributed by atoms with Gasteiger partial charge in [-0.2, -0.15) is 0 Å². The van der Waals surface area contributed by atoms with Crippen LogP contribution in [0.25, 0.3) is 0 Å². The summed E-state index contributed by atoms with van der Waals surface area (Å²) in [7, 11) is 0. The zero-order chi connectivity index (χ0) is 14.4. The molecule has 0 bridgehead atoms. The molecule has 20 heavy (non-hydrogen) atoms. The van der Waals surface area contributed by atoms with Crippen molar-refractivity contribution in [3.8, 4) is 0 Å². The van der Waals surface area contributed by atoms with Crippen LogP contribution in [0, 0.1) is 6.92 Å². The van der Waals surface area contributed by atoms with Crippen molar-refractivity contribution < 1.29 is 0 Å². The van der Waals surface area contributed by atoms with Crippen LogP contribution in [-0.2, 0) is 13.0 Å². The Morgan fingerprint density at radius 1 is 1.10 bits per heavy atom. The molecule has 0 radical (unpaired) electrons. The average molecular weight is 291 g/mol. The number of nitrogens with one attached hydrogen (secondary N) is 2. The summed E-state index contributed by atoms with van der Waals surface area (Å²) in [5.74, 6) is 1.86. The van der Waals surface area contributed by atoms with E-state index >= 15 is 0 Å². The highest BCUT2D eigenvalue weighted by Gasteiger charge is 2.10. The number of nitrogens with zero attached hydrogens (tertiary/aromatic N) is 3. The van der Waals surface area contributed by atoms with Gasteiger partial charge < -0.3 is 10.6 Å². The Morgan fingerprint density at radius 3 is 2.45 bits per heavy atom. The van der Waals surface area contributed by atoms with Crippen molar-refractivity contribution in [2.45, 2.75) is 40.2 Å². The van der Waals surface area contributed by atoms with E-state index in [1.807, 2.05) is 13.1 Å². The summed E-state index contributed by atoms with van der Waals surface area (Å²) in [6, 6.07) is 0. The number of thiazole rings is 1.